The molecule has 7 heteroatoms. The van der Waals surface area contributed by atoms with Gasteiger partial charge in [0.1, 0.15) is 0 Å². The highest BCUT2D eigenvalue weighted by Crippen LogP contribution is 2.16. The van der Waals surface area contributed by atoms with Crippen molar-refractivity contribution in [3.63, 3.8) is 0 Å². The topological polar surface area (TPSA) is 61.7 Å². The summed E-state index contributed by atoms with van der Waals surface area (Å²) in [5, 5.41) is 14.5. The van der Waals surface area contributed by atoms with Gasteiger partial charge in [-0.1, -0.05) is 30.3 Å². The van der Waals surface area contributed by atoms with Crippen molar-refractivity contribution >= 4 is 28.7 Å². The Morgan fingerprint density at radius 3 is 2.31 bits per heavy atom. The molecule has 1 fully saturated rings. The van der Waals surface area contributed by atoms with Gasteiger partial charge in [-0.3, -0.25) is 15.0 Å². The van der Waals surface area contributed by atoms with Gasteiger partial charge in [0, 0.05) is 50.5 Å². The Labute approximate surface area is 158 Å². The van der Waals surface area contributed by atoms with E-state index in [4.69, 9.17) is 12.2 Å². The standard InChI is InChI=1S/C19H22N4O2S/c24-23(25)18-8-6-17(7-9-18)20-19(26)22-14-12-21(13-15-22)11-10-16-4-2-1-3-5-16/h1-9H,10-15H2,(H,20,26). The summed E-state index contributed by atoms with van der Waals surface area (Å²) in [6.45, 7) is 4.78. The minimum absolute atomic E-state index is 0.0773. The van der Waals surface area contributed by atoms with Gasteiger partial charge in [-0.15, -0.1) is 0 Å². The molecule has 1 aliphatic rings. The first kappa shape index (κ1) is 18.3. The van der Waals surface area contributed by atoms with Crippen LogP contribution in [-0.2, 0) is 6.42 Å². The van der Waals surface area contributed by atoms with Gasteiger partial charge < -0.3 is 10.2 Å². The Balaban J connectivity index is 1.43. The van der Waals surface area contributed by atoms with Crippen LogP contribution in [0.4, 0.5) is 11.4 Å². The van der Waals surface area contributed by atoms with Crippen molar-refractivity contribution in [3.05, 3.63) is 70.3 Å². The first-order chi connectivity index (χ1) is 12.6. The molecule has 0 aromatic heterocycles. The van der Waals surface area contributed by atoms with Crippen molar-refractivity contribution in [2.75, 3.05) is 38.0 Å². The van der Waals surface area contributed by atoms with Gasteiger partial charge in [0.2, 0.25) is 0 Å². The predicted molar refractivity (Wildman–Crippen MR) is 107 cm³/mol. The summed E-state index contributed by atoms with van der Waals surface area (Å²) in [7, 11) is 0. The average Bonchev–Trinajstić information content (AvgIpc) is 2.68. The minimum Gasteiger partial charge on any atom is -0.346 e. The van der Waals surface area contributed by atoms with Crippen LogP contribution in [0.1, 0.15) is 5.56 Å². The molecule has 1 aliphatic heterocycles. The smallest absolute Gasteiger partial charge is 0.269 e. The van der Waals surface area contributed by atoms with Crippen molar-refractivity contribution in [2.24, 2.45) is 0 Å². The zero-order chi connectivity index (χ0) is 18.4. The summed E-state index contributed by atoms with van der Waals surface area (Å²) in [6, 6.07) is 16.9. The molecule has 1 N–H and O–H groups in total. The highest BCUT2D eigenvalue weighted by Gasteiger charge is 2.18. The second-order valence-electron chi connectivity index (χ2n) is 6.30. The third-order valence-electron chi connectivity index (χ3n) is 4.55. The summed E-state index contributed by atoms with van der Waals surface area (Å²) in [5.41, 5.74) is 2.21. The van der Waals surface area contributed by atoms with Gasteiger partial charge in [-0.05, 0) is 36.3 Å². The lowest BCUT2D eigenvalue weighted by atomic mass is 10.1. The maximum Gasteiger partial charge on any atom is 0.269 e. The zero-order valence-corrected chi connectivity index (χ0v) is 15.3. The van der Waals surface area contributed by atoms with Crippen LogP contribution < -0.4 is 5.32 Å². The lowest BCUT2D eigenvalue weighted by molar-refractivity contribution is -0.384. The lowest BCUT2D eigenvalue weighted by Crippen LogP contribution is -2.50. The largest absolute Gasteiger partial charge is 0.346 e. The van der Waals surface area contributed by atoms with Crippen LogP contribution in [0.3, 0.4) is 0 Å². The van der Waals surface area contributed by atoms with Gasteiger partial charge in [0.05, 0.1) is 4.92 Å². The molecule has 136 valence electrons. The van der Waals surface area contributed by atoms with E-state index in [1.165, 1.54) is 17.7 Å². The van der Waals surface area contributed by atoms with Crippen LogP contribution in [-0.4, -0.2) is 52.6 Å². The van der Waals surface area contributed by atoms with Crippen LogP contribution in [0.5, 0.6) is 0 Å². The van der Waals surface area contributed by atoms with E-state index in [2.05, 4.69) is 39.4 Å². The Morgan fingerprint density at radius 2 is 1.69 bits per heavy atom. The van der Waals surface area contributed by atoms with E-state index in [0.29, 0.717) is 5.11 Å². The molecule has 26 heavy (non-hydrogen) atoms. The third-order valence-corrected chi connectivity index (χ3v) is 4.91. The molecular weight excluding hydrogens is 348 g/mol. The highest BCUT2D eigenvalue weighted by atomic mass is 32.1. The molecule has 0 amide bonds. The molecular formula is C19H22N4O2S. The Hall–Kier alpha value is -2.51. The molecule has 6 nitrogen and oxygen atoms in total. The maximum atomic E-state index is 10.7. The van der Waals surface area contributed by atoms with Crippen LogP contribution >= 0.6 is 12.2 Å². The molecule has 0 aliphatic carbocycles. The Morgan fingerprint density at radius 1 is 1.04 bits per heavy atom. The summed E-state index contributed by atoms with van der Waals surface area (Å²) < 4.78 is 0. The number of benzene rings is 2. The number of hydrogen-bond acceptors (Lipinski definition) is 4. The van der Waals surface area contributed by atoms with E-state index in [9.17, 15) is 10.1 Å². The van der Waals surface area contributed by atoms with Crippen molar-refractivity contribution in [1.29, 1.82) is 0 Å². The summed E-state index contributed by atoms with van der Waals surface area (Å²) in [4.78, 5) is 14.9. The van der Waals surface area contributed by atoms with Crippen molar-refractivity contribution < 1.29 is 4.92 Å². The van der Waals surface area contributed by atoms with Crippen molar-refractivity contribution in [2.45, 2.75) is 6.42 Å². The molecule has 0 unspecified atom stereocenters. The number of rotatable bonds is 5. The third kappa shape index (κ3) is 5.00. The first-order valence-corrected chi connectivity index (χ1v) is 9.09. The highest BCUT2D eigenvalue weighted by molar-refractivity contribution is 7.80. The van der Waals surface area contributed by atoms with Gasteiger partial charge in [-0.2, -0.15) is 0 Å². The average molecular weight is 370 g/mol. The van der Waals surface area contributed by atoms with E-state index in [0.717, 1.165) is 44.8 Å². The Kier molecular flexibility index (Phi) is 6.14. The molecule has 0 spiro atoms. The number of nitrogens with zero attached hydrogens (tertiary/aromatic N) is 3. The molecule has 1 heterocycles. The van der Waals surface area contributed by atoms with E-state index < -0.39 is 4.92 Å². The number of nitro benzene ring substituents is 1. The normalized spacial score (nSPS) is 14.8. The lowest BCUT2D eigenvalue weighted by Gasteiger charge is -2.36. The number of nitrogens with one attached hydrogen (secondary N) is 1. The van der Waals surface area contributed by atoms with Gasteiger partial charge >= 0.3 is 0 Å². The number of hydrogen-bond donors (Lipinski definition) is 1. The van der Waals surface area contributed by atoms with Crippen LogP contribution in [0.15, 0.2) is 54.6 Å². The summed E-state index contributed by atoms with van der Waals surface area (Å²) in [5.74, 6) is 0. The number of anilines is 1. The minimum atomic E-state index is -0.406. The fourth-order valence-electron chi connectivity index (χ4n) is 2.98. The molecule has 2 aromatic rings. The molecule has 0 radical (unpaired) electrons. The second kappa shape index (κ2) is 8.73. The second-order valence-corrected chi connectivity index (χ2v) is 6.69. The van der Waals surface area contributed by atoms with Crippen molar-refractivity contribution in [1.82, 2.24) is 9.80 Å². The fraction of sp³-hybridized carbons (Fsp3) is 0.316. The number of thiocarbonyl (C=S) groups is 1. The van der Waals surface area contributed by atoms with E-state index in [1.807, 2.05) is 6.07 Å². The van der Waals surface area contributed by atoms with Gasteiger partial charge in [0.15, 0.2) is 5.11 Å². The van der Waals surface area contributed by atoms with Crippen molar-refractivity contribution in [3.8, 4) is 0 Å². The van der Waals surface area contributed by atoms with E-state index in [1.54, 1.807) is 12.1 Å². The first-order valence-electron chi connectivity index (χ1n) is 8.68. The van der Waals surface area contributed by atoms with E-state index in [-0.39, 0.29) is 5.69 Å². The zero-order valence-electron chi connectivity index (χ0n) is 14.5. The summed E-state index contributed by atoms with van der Waals surface area (Å²) in [6.07, 6.45) is 1.06. The molecule has 1 saturated heterocycles. The molecule has 0 saturated carbocycles. The SMILES string of the molecule is O=[N+]([O-])c1ccc(NC(=S)N2CCN(CCc3ccccc3)CC2)cc1. The van der Waals surface area contributed by atoms with Gasteiger partial charge in [0.25, 0.3) is 5.69 Å². The fourth-order valence-corrected chi connectivity index (χ4v) is 3.28. The number of non-ortho nitro benzene ring substituents is 1. The molecule has 0 atom stereocenters. The number of nitro groups is 1. The molecule has 3 rings (SSSR count). The monoisotopic (exact) mass is 370 g/mol. The van der Waals surface area contributed by atoms with Crippen LogP contribution in [0.2, 0.25) is 0 Å². The molecule has 0 bridgehead atoms. The van der Waals surface area contributed by atoms with E-state index >= 15 is 0 Å². The maximum absolute atomic E-state index is 10.7. The molecule has 2 aromatic carbocycles. The Bertz CT molecular complexity index is 744. The summed E-state index contributed by atoms with van der Waals surface area (Å²) >= 11 is 5.48. The predicted octanol–water partition coefficient (Wildman–Crippen LogP) is 3.15. The van der Waals surface area contributed by atoms with Crippen LogP contribution in [0, 0.1) is 10.1 Å². The van der Waals surface area contributed by atoms with Gasteiger partial charge in [-0.25, -0.2) is 0 Å². The number of piperazine rings is 1. The van der Waals surface area contributed by atoms with Crippen LogP contribution in [0.25, 0.3) is 0 Å². The quantitative estimate of drug-likeness (QED) is 0.496.